The van der Waals surface area contributed by atoms with Gasteiger partial charge in [-0.05, 0) is 30.3 Å². The van der Waals surface area contributed by atoms with Crippen molar-refractivity contribution in [2.45, 2.75) is 0 Å². The van der Waals surface area contributed by atoms with E-state index in [1.54, 1.807) is 24.3 Å². The number of hydrogen-bond donors (Lipinski definition) is 1. The molecule has 0 radical (unpaired) electrons. The highest BCUT2D eigenvalue weighted by Gasteiger charge is 2.31. The molecule has 0 atom stereocenters. The molecule has 0 bridgehead atoms. The van der Waals surface area contributed by atoms with Crippen molar-refractivity contribution < 1.29 is 19.1 Å². The summed E-state index contributed by atoms with van der Waals surface area (Å²) in [5, 5.41) is 9.30. The standard InChI is InChI=1S/C18H10ClNO4S2/c1-2-7-20-16(21)15(26-18(20)25)9-11-4-6-14(24-11)10-3-5-13(19)12(8-10)17(22)23/h1,3-6,8-9H,7H2,(H,22,23)/b15-9-. The number of carboxylic acid groups (broad SMARTS) is 1. The van der Waals surface area contributed by atoms with Crippen LogP contribution in [0.3, 0.4) is 0 Å². The van der Waals surface area contributed by atoms with Crippen LogP contribution in [0.4, 0.5) is 0 Å². The molecule has 1 aromatic carbocycles. The zero-order valence-corrected chi connectivity index (χ0v) is 15.5. The summed E-state index contributed by atoms with van der Waals surface area (Å²) in [6, 6.07) is 7.94. The Balaban J connectivity index is 1.89. The molecule has 8 heteroatoms. The lowest BCUT2D eigenvalue weighted by Crippen LogP contribution is -2.28. The predicted molar refractivity (Wildman–Crippen MR) is 105 cm³/mol. The van der Waals surface area contributed by atoms with Gasteiger partial charge in [0, 0.05) is 11.6 Å². The zero-order valence-electron chi connectivity index (χ0n) is 13.1. The number of hydrogen-bond acceptors (Lipinski definition) is 5. The fourth-order valence-electron chi connectivity index (χ4n) is 2.28. The number of carbonyl (C=O) groups is 2. The van der Waals surface area contributed by atoms with Crippen LogP contribution in [0.25, 0.3) is 17.4 Å². The van der Waals surface area contributed by atoms with Gasteiger partial charge in [0.25, 0.3) is 5.91 Å². The number of carboxylic acids is 1. The number of rotatable bonds is 4. The minimum Gasteiger partial charge on any atom is -0.478 e. The molecular formula is C18H10ClNO4S2. The molecule has 1 aliphatic rings. The van der Waals surface area contributed by atoms with Gasteiger partial charge < -0.3 is 9.52 Å². The molecule has 1 aromatic heterocycles. The maximum absolute atomic E-state index is 12.3. The fourth-order valence-corrected chi connectivity index (χ4v) is 3.72. The van der Waals surface area contributed by atoms with E-state index in [9.17, 15) is 9.59 Å². The molecule has 1 amide bonds. The van der Waals surface area contributed by atoms with Crippen LogP contribution in [0.1, 0.15) is 16.1 Å². The SMILES string of the molecule is C#CCN1C(=O)/C(=C/c2ccc(-c3ccc(Cl)c(C(=O)O)c3)o2)SC1=S. The normalized spacial score (nSPS) is 15.5. The second-order valence-corrected chi connectivity index (χ2v) is 7.26. The summed E-state index contributed by atoms with van der Waals surface area (Å²) >= 11 is 12.2. The van der Waals surface area contributed by atoms with Gasteiger partial charge in [-0.2, -0.15) is 0 Å². The van der Waals surface area contributed by atoms with Gasteiger partial charge >= 0.3 is 5.97 Å². The van der Waals surface area contributed by atoms with Crippen molar-refractivity contribution >= 4 is 57.9 Å². The quantitative estimate of drug-likeness (QED) is 0.470. The van der Waals surface area contributed by atoms with Crippen molar-refractivity contribution in [2.75, 3.05) is 6.54 Å². The number of thiocarbonyl (C=S) groups is 1. The summed E-state index contributed by atoms with van der Waals surface area (Å²) in [5.41, 5.74) is 0.545. The van der Waals surface area contributed by atoms with E-state index >= 15 is 0 Å². The third-order valence-corrected chi connectivity index (χ3v) is 5.21. The highest BCUT2D eigenvalue weighted by molar-refractivity contribution is 8.26. The third-order valence-electron chi connectivity index (χ3n) is 3.50. The van der Waals surface area contributed by atoms with E-state index < -0.39 is 5.97 Å². The van der Waals surface area contributed by atoms with Gasteiger partial charge in [-0.1, -0.05) is 41.5 Å². The molecule has 1 saturated heterocycles. The first kappa shape index (κ1) is 18.3. The number of terminal acetylenes is 1. The topological polar surface area (TPSA) is 70.8 Å². The number of benzene rings is 1. The average molecular weight is 404 g/mol. The minimum absolute atomic E-state index is 0.0164. The number of furan rings is 1. The Morgan fingerprint density at radius 2 is 2.19 bits per heavy atom. The molecule has 1 N–H and O–H groups in total. The number of aromatic carboxylic acids is 1. The molecule has 0 aliphatic carbocycles. The molecule has 1 aliphatic heterocycles. The van der Waals surface area contributed by atoms with Crippen LogP contribution in [0, 0.1) is 12.3 Å². The molecule has 0 unspecified atom stereocenters. The van der Waals surface area contributed by atoms with Gasteiger partial charge in [-0.25, -0.2) is 4.79 Å². The number of amides is 1. The molecule has 0 spiro atoms. The molecule has 2 aromatic rings. The van der Waals surface area contributed by atoms with E-state index in [2.05, 4.69) is 5.92 Å². The fraction of sp³-hybridized carbons (Fsp3) is 0.0556. The van der Waals surface area contributed by atoms with E-state index in [1.807, 2.05) is 0 Å². The van der Waals surface area contributed by atoms with Gasteiger partial charge in [0.05, 0.1) is 22.0 Å². The summed E-state index contributed by atoms with van der Waals surface area (Å²) in [7, 11) is 0. The van der Waals surface area contributed by atoms with Crippen LogP contribution in [0.2, 0.25) is 5.02 Å². The first-order valence-corrected chi connectivity index (χ1v) is 8.83. The molecule has 3 rings (SSSR count). The number of carbonyl (C=O) groups excluding carboxylic acids is 1. The van der Waals surface area contributed by atoms with Gasteiger partial charge in [-0.3, -0.25) is 9.69 Å². The molecule has 130 valence electrons. The van der Waals surface area contributed by atoms with Crippen LogP contribution in [-0.4, -0.2) is 32.7 Å². The summed E-state index contributed by atoms with van der Waals surface area (Å²) < 4.78 is 6.10. The predicted octanol–water partition coefficient (Wildman–Crippen LogP) is 4.13. The number of thioether (sulfide) groups is 1. The smallest absolute Gasteiger partial charge is 0.337 e. The first-order chi connectivity index (χ1) is 12.4. The van der Waals surface area contributed by atoms with Crippen LogP contribution in [-0.2, 0) is 4.79 Å². The van der Waals surface area contributed by atoms with Crippen LogP contribution in [0.5, 0.6) is 0 Å². The largest absolute Gasteiger partial charge is 0.478 e. The van der Waals surface area contributed by atoms with Crippen LogP contribution in [0.15, 0.2) is 39.7 Å². The van der Waals surface area contributed by atoms with E-state index in [4.69, 9.17) is 39.8 Å². The maximum atomic E-state index is 12.3. The number of halogens is 1. The second-order valence-electron chi connectivity index (χ2n) is 5.17. The zero-order chi connectivity index (χ0) is 18.8. The second kappa shape index (κ2) is 7.38. The van der Waals surface area contributed by atoms with E-state index in [-0.39, 0.29) is 23.0 Å². The van der Waals surface area contributed by atoms with Crippen molar-refractivity contribution in [3.63, 3.8) is 0 Å². The molecular weight excluding hydrogens is 394 g/mol. The Morgan fingerprint density at radius 3 is 2.88 bits per heavy atom. The Kier molecular flexibility index (Phi) is 5.18. The Bertz CT molecular complexity index is 1000. The van der Waals surface area contributed by atoms with Gasteiger partial charge in [0.2, 0.25) is 0 Å². The lowest BCUT2D eigenvalue weighted by molar-refractivity contribution is -0.121. The summed E-state index contributed by atoms with van der Waals surface area (Å²) in [4.78, 5) is 25.2. The van der Waals surface area contributed by atoms with Crippen molar-refractivity contribution in [3.05, 3.63) is 51.6 Å². The Morgan fingerprint density at radius 1 is 1.42 bits per heavy atom. The van der Waals surface area contributed by atoms with Gasteiger partial charge in [0.1, 0.15) is 15.8 Å². The summed E-state index contributed by atoms with van der Waals surface area (Å²) in [5.74, 6) is 1.89. The molecule has 26 heavy (non-hydrogen) atoms. The van der Waals surface area contributed by atoms with E-state index in [0.29, 0.717) is 26.3 Å². The lowest BCUT2D eigenvalue weighted by atomic mass is 10.1. The van der Waals surface area contributed by atoms with Crippen LogP contribution < -0.4 is 0 Å². The average Bonchev–Trinajstić information content (AvgIpc) is 3.16. The van der Waals surface area contributed by atoms with Gasteiger partial charge in [0.15, 0.2) is 0 Å². The molecule has 0 saturated carbocycles. The van der Waals surface area contributed by atoms with Crippen molar-refractivity contribution in [3.8, 4) is 23.7 Å². The monoisotopic (exact) mass is 403 g/mol. The molecule has 5 nitrogen and oxygen atoms in total. The number of nitrogens with zero attached hydrogens (tertiary/aromatic N) is 1. The third kappa shape index (κ3) is 3.53. The van der Waals surface area contributed by atoms with E-state index in [1.165, 1.54) is 17.0 Å². The lowest BCUT2D eigenvalue weighted by Gasteiger charge is -2.08. The van der Waals surface area contributed by atoms with Crippen molar-refractivity contribution in [1.29, 1.82) is 0 Å². The first-order valence-electron chi connectivity index (χ1n) is 7.22. The highest BCUT2D eigenvalue weighted by atomic mass is 35.5. The van der Waals surface area contributed by atoms with E-state index in [0.717, 1.165) is 11.8 Å². The molecule has 2 heterocycles. The Labute approximate surface area is 163 Å². The summed E-state index contributed by atoms with van der Waals surface area (Å²) in [6.07, 6.45) is 6.82. The Hall–Kier alpha value is -2.53. The summed E-state index contributed by atoms with van der Waals surface area (Å²) in [6.45, 7) is 0.119. The maximum Gasteiger partial charge on any atom is 0.337 e. The van der Waals surface area contributed by atoms with Gasteiger partial charge in [-0.15, -0.1) is 6.42 Å². The molecule has 1 fully saturated rings. The minimum atomic E-state index is -1.12. The highest BCUT2D eigenvalue weighted by Crippen LogP contribution is 2.33. The van der Waals surface area contributed by atoms with Crippen molar-refractivity contribution in [1.82, 2.24) is 4.90 Å². The van der Waals surface area contributed by atoms with Crippen molar-refractivity contribution in [2.24, 2.45) is 0 Å². The van der Waals surface area contributed by atoms with Crippen LogP contribution >= 0.6 is 35.6 Å².